The van der Waals surface area contributed by atoms with E-state index in [1.54, 1.807) is 42.9 Å². The summed E-state index contributed by atoms with van der Waals surface area (Å²) in [4.78, 5) is 23.6. The zero-order chi connectivity index (χ0) is 23.4. The summed E-state index contributed by atoms with van der Waals surface area (Å²) in [5, 5.41) is 11.0. The fraction of sp³-hybridized carbons (Fsp3) is 0.208. The molecule has 0 atom stereocenters. The number of nitrogens with one attached hydrogen (secondary N) is 1. The van der Waals surface area contributed by atoms with Crippen LogP contribution in [0.25, 0.3) is 11.5 Å². The predicted octanol–water partition coefficient (Wildman–Crippen LogP) is 4.43. The molecule has 0 aliphatic carbocycles. The van der Waals surface area contributed by atoms with E-state index in [0.717, 1.165) is 5.82 Å². The van der Waals surface area contributed by atoms with Crippen LogP contribution in [0, 0.1) is 0 Å². The van der Waals surface area contributed by atoms with Crippen molar-refractivity contribution < 1.29 is 9.53 Å². The van der Waals surface area contributed by atoms with E-state index in [1.807, 2.05) is 61.7 Å². The Labute approximate surface area is 192 Å². The Morgan fingerprint density at radius 2 is 1.88 bits per heavy atom. The Balaban J connectivity index is 1.48. The zero-order valence-corrected chi connectivity index (χ0v) is 18.9. The highest BCUT2D eigenvalue weighted by Crippen LogP contribution is 2.24. The number of benzene rings is 1. The molecule has 4 aromatic rings. The summed E-state index contributed by atoms with van der Waals surface area (Å²) >= 11 is 0. The van der Waals surface area contributed by atoms with Crippen molar-refractivity contribution in [2.24, 2.45) is 0 Å². The van der Waals surface area contributed by atoms with Gasteiger partial charge in [0.2, 0.25) is 0 Å². The van der Waals surface area contributed by atoms with Crippen LogP contribution in [-0.2, 0) is 0 Å². The van der Waals surface area contributed by atoms with E-state index in [9.17, 15) is 4.79 Å². The summed E-state index contributed by atoms with van der Waals surface area (Å²) in [7, 11) is 3.84. The number of nitrogens with zero attached hydrogens (tertiary/aromatic N) is 6. The Kier molecular flexibility index (Phi) is 6.30. The van der Waals surface area contributed by atoms with Gasteiger partial charge in [-0.2, -0.15) is 0 Å². The molecule has 0 spiro atoms. The minimum Gasteiger partial charge on any atom is -0.456 e. The van der Waals surface area contributed by atoms with Crippen molar-refractivity contribution in [1.29, 1.82) is 0 Å². The van der Waals surface area contributed by atoms with E-state index in [4.69, 9.17) is 4.74 Å². The van der Waals surface area contributed by atoms with E-state index >= 15 is 0 Å². The molecular formula is C24H25N7O2. The minimum atomic E-state index is -0.295. The average Bonchev–Trinajstić information content (AvgIpc) is 3.30. The van der Waals surface area contributed by atoms with Gasteiger partial charge in [0.15, 0.2) is 5.82 Å². The first-order chi connectivity index (χ1) is 15.9. The summed E-state index contributed by atoms with van der Waals surface area (Å²) in [6.07, 6.45) is 3.31. The monoisotopic (exact) mass is 443 g/mol. The molecule has 0 saturated heterocycles. The number of amides is 1. The number of aromatic nitrogens is 5. The number of anilines is 2. The van der Waals surface area contributed by atoms with E-state index in [0.29, 0.717) is 34.4 Å². The van der Waals surface area contributed by atoms with Crippen molar-refractivity contribution in [3.8, 4) is 23.0 Å². The Hall–Kier alpha value is -4.27. The first-order valence-corrected chi connectivity index (χ1v) is 10.5. The molecule has 0 aliphatic rings. The predicted molar refractivity (Wildman–Crippen MR) is 127 cm³/mol. The van der Waals surface area contributed by atoms with Crippen LogP contribution in [0.4, 0.5) is 11.6 Å². The molecule has 9 heteroatoms. The molecule has 0 radical (unpaired) electrons. The molecule has 4 rings (SSSR count). The van der Waals surface area contributed by atoms with Crippen molar-refractivity contribution in [2.45, 2.75) is 19.9 Å². The van der Waals surface area contributed by atoms with Crippen LogP contribution in [0.5, 0.6) is 11.5 Å². The van der Waals surface area contributed by atoms with Crippen LogP contribution >= 0.6 is 0 Å². The van der Waals surface area contributed by atoms with Gasteiger partial charge in [-0.25, -0.2) is 9.97 Å². The Morgan fingerprint density at radius 3 is 2.61 bits per heavy atom. The maximum atomic E-state index is 12.9. The number of ether oxygens (including phenoxy) is 1. The van der Waals surface area contributed by atoms with Gasteiger partial charge in [-0.3, -0.25) is 4.79 Å². The van der Waals surface area contributed by atoms with E-state index < -0.39 is 0 Å². The lowest BCUT2D eigenvalue weighted by atomic mass is 10.2. The topological polar surface area (TPSA) is 98.1 Å². The lowest BCUT2D eigenvalue weighted by molar-refractivity contribution is 0.102. The third-order valence-corrected chi connectivity index (χ3v) is 4.86. The molecule has 1 amide bonds. The summed E-state index contributed by atoms with van der Waals surface area (Å²) in [6, 6.07) is 16.2. The SMILES string of the molecule is CC(C)n1cnnc1-c1cccc(NC(=O)c2cccc(Oc3ccc(N(C)C)nc3)c2)n1. The lowest BCUT2D eigenvalue weighted by Crippen LogP contribution is -2.13. The molecule has 0 fully saturated rings. The first-order valence-electron chi connectivity index (χ1n) is 10.5. The molecule has 1 N–H and O–H groups in total. The molecule has 0 saturated carbocycles. The van der Waals surface area contributed by atoms with E-state index in [1.165, 1.54) is 0 Å². The smallest absolute Gasteiger partial charge is 0.256 e. The van der Waals surface area contributed by atoms with Gasteiger partial charge in [0.25, 0.3) is 5.91 Å². The number of rotatable bonds is 7. The van der Waals surface area contributed by atoms with E-state index in [-0.39, 0.29) is 11.9 Å². The maximum Gasteiger partial charge on any atom is 0.256 e. The van der Waals surface area contributed by atoms with Crippen LogP contribution in [0.1, 0.15) is 30.2 Å². The quantitative estimate of drug-likeness (QED) is 0.451. The number of hydrogen-bond acceptors (Lipinski definition) is 7. The maximum absolute atomic E-state index is 12.9. The van der Waals surface area contributed by atoms with Gasteiger partial charge in [0, 0.05) is 25.7 Å². The van der Waals surface area contributed by atoms with Crippen LogP contribution < -0.4 is 15.0 Å². The van der Waals surface area contributed by atoms with Gasteiger partial charge in [0.1, 0.15) is 35.2 Å². The van der Waals surface area contributed by atoms with Crippen LogP contribution in [0.2, 0.25) is 0 Å². The summed E-state index contributed by atoms with van der Waals surface area (Å²) in [5.74, 6) is 2.72. The van der Waals surface area contributed by atoms with Gasteiger partial charge in [-0.05, 0) is 56.3 Å². The molecule has 9 nitrogen and oxygen atoms in total. The Bertz CT molecular complexity index is 1250. The number of carbonyl (C=O) groups excluding carboxylic acids is 1. The molecular weight excluding hydrogens is 418 g/mol. The molecule has 168 valence electrons. The molecule has 1 aromatic carbocycles. The number of pyridine rings is 2. The fourth-order valence-corrected chi connectivity index (χ4v) is 3.16. The highest BCUT2D eigenvalue weighted by atomic mass is 16.5. The molecule has 0 unspecified atom stereocenters. The first kappa shape index (κ1) is 21.9. The second-order valence-corrected chi connectivity index (χ2v) is 7.89. The summed E-state index contributed by atoms with van der Waals surface area (Å²) in [5.41, 5.74) is 1.08. The van der Waals surface area contributed by atoms with Gasteiger partial charge >= 0.3 is 0 Å². The largest absolute Gasteiger partial charge is 0.456 e. The number of hydrogen-bond donors (Lipinski definition) is 1. The lowest BCUT2D eigenvalue weighted by Gasteiger charge is -2.12. The third-order valence-electron chi connectivity index (χ3n) is 4.86. The van der Waals surface area contributed by atoms with Crippen LogP contribution in [0.3, 0.4) is 0 Å². The van der Waals surface area contributed by atoms with Gasteiger partial charge in [0.05, 0.1) is 6.20 Å². The second-order valence-electron chi connectivity index (χ2n) is 7.89. The van der Waals surface area contributed by atoms with Gasteiger partial charge < -0.3 is 19.5 Å². The van der Waals surface area contributed by atoms with Gasteiger partial charge in [-0.1, -0.05) is 12.1 Å². The average molecular weight is 444 g/mol. The van der Waals surface area contributed by atoms with Crippen molar-refractivity contribution in [3.63, 3.8) is 0 Å². The van der Waals surface area contributed by atoms with E-state index in [2.05, 4.69) is 25.5 Å². The highest BCUT2D eigenvalue weighted by molar-refractivity contribution is 6.04. The molecule has 33 heavy (non-hydrogen) atoms. The van der Waals surface area contributed by atoms with Crippen LogP contribution in [0.15, 0.2) is 67.1 Å². The standard InChI is InChI=1S/C24H25N7O2/c1-16(2)31-15-26-29-23(31)20-9-6-10-21(27-20)28-24(32)17-7-5-8-18(13-17)33-19-11-12-22(25-14-19)30(3)4/h5-16H,1-4H3,(H,27,28,32). The molecule has 0 aliphatic heterocycles. The van der Waals surface area contributed by atoms with Crippen molar-refractivity contribution >= 4 is 17.5 Å². The van der Waals surface area contributed by atoms with Gasteiger partial charge in [-0.15, -0.1) is 10.2 Å². The molecule has 3 aromatic heterocycles. The van der Waals surface area contributed by atoms with Crippen molar-refractivity contribution in [1.82, 2.24) is 24.7 Å². The third kappa shape index (κ3) is 5.15. The van der Waals surface area contributed by atoms with Crippen molar-refractivity contribution in [2.75, 3.05) is 24.3 Å². The summed E-state index contributed by atoms with van der Waals surface area (Å²) < 4.78 is 7.79. The highest BCUT2D eigenvalue weighted by Gasteiger charge is 2.13. The zero-order valence-electron chi connectivity index (χ0n) is 18.9. The number of carbonyl (C=O) groups is 1. The minimum absolute atomic E-state index is 0.187. The molecule has 0 bridgehead atoms. The fourth-order valence-electron chi connectivity index (χ4n) is 3.16. The molecule has 3 heterocycles. The van der Waals surface area contributed by atoms with Crippen molar-refractivity contribution in [3.05, 3.63) is 72.7 Å². The summed E-state index contributed by atoms with van der Waals surface area (Å²) in [6.45, 7) is 4.08. The Morgan fingerprint density at radius 1 is 1.06 bits per heavy atom. The second kappa shape index (κ2) is 9.47. The van der Waals surface area contributed by atoms with Crippen LogP contribution in [-0.4, -0.2) is 44.7 Å². The normalized spacial score (nSPS) is 10.8.